The molecule has 0 aromatic carbocycles. The quantitative estimate of drug-likeness (QED) is 0.429. The van der Waals surface area contributed by atoms with Crippen LogP contribution in [-0.2, 0) is 4.79 Å². The van der Waals surface area contributed by atoms with Gasteiger partial charge in [0.1, 0.15) is 0 Å². The van der Waals surface area contributed by atoms with Crippen molar-refractivity contribution in [2.75, 3.05) is 0 Å². The molecular weight excluding hydrogens is 286 g/mol. The Balaban J connectivity index is 0. The van der Waals surface area contributed by atoms with Crippen molar-refractivity contribution in [3.05, 3.63) is 47.6 Å². The first-order valence-corrected chi connectivity index (χ1v) is 8.22. The summed E-state index contributed by atoms with van der Waals surface area (Å²) in [6, 6.07) is 0. The zero-order valence-corrected chi connectivity index (χ0v) is 15.8. The van der Waals surface area contributed by atoms with Crippen LogP contribution in [0.15, 0.2) is 47.6 Å². The molecule has 23 heavy (non-hydrogen) atoms. The van der Waals surface area contributed by atoms with E-state index in [4.69, 9.17) is 10.5 Å². The highest BCUT2D eigenvalue weighted by atomic mass is 16.4. The molecule has 0 aliphatic heterocycles. The molecule has 2 N–H and O–H groups in total. The van der Waals surface area contributed by atoms with Gasteiger partial charge < -0.3 is 10.5 Å². The van der Waals surface area contributed by atoms with Gasteiger partial charge in [-0.2, -0.15) is 0 Å². The van der Waals surface area contributed by atoms with Crippen LogP contribution in [0.2, 0.25) is 0 Å². The summed E-state index contributed by atoms with van der Waals surface area (Å²) in [5.74, 6) is -0.908. The lowest BCUT2D eigenvalue weighted by molar-refractivity contribution is -0.144. The van der Waals surface area contributed by atoms with Gasteiger partial charge in [0.2, 0.25) is 0 Å². The van der Waals surface area contributed by atoms with Gasteiger partial charge in [-0.05, 0) is 51.3 Å². The zero-order chi connectivity index (χ0) is 18.6. The molecule has 0 heterocycles. The van der Waals surface area contributed by atoms with Crippen molar-refractivity contribution >= 4 is 11.7 Å². The molecule has 0 aromatic rings. The number of carboxylic acid groups (broad SMARTS) is 1. The van der Waals surface area contributed by atoms with Crippen LogP contribution in [0.3, 0.4) is 0 Å². The van der Waals surface area contributed by atoms with Crippen LogP contribution in [-0.4, -0.2) is 16.8 Å². The van der Waals surface area contributed by atoms with Gasteiger partial charge >= 0.3 is 5.97 Å². The molecule has 0 aromatic heterocycles. The monoisotopic (exact) mass is 319 g/mol. The van der Waals surface area contributed by atoms with E-state index in [9.17, 15) is 4.79 Å². The van der Waals surface area contributed by atoms with Crippen molar-refractivity contribution in [2.45, 2.75) is 61.3 Å². The van der Waals surface area contributed by atoms with Gasteiger partial charge in [0.25, 0.3) is 0 Å². The summed E-state index contributed by atoms with van der Waals surface area (Å²) in [4.78, 5) is 11.0. The van der Waals surface area contributed by atoms with E-state index in [0.717, 1.165) is 24.0 Å². The molecule has 0 radical (unpaired) electrons. The number of rotatable bonds is 8. The van der Waals surface area contributed by atoms with Gasteiger partial charge in [0.05, 0.1) is 11.1 Å². The van der Waals surface area contributed by atoms with Crippen LogP contribution >= 0.6 is 0 Å². The van der Waals surface area contributed by atoms with E-state index in [0.29, 0.717) is 0 Å². The van der Waals surface area contributed by atoms with Crippen molar-refractivity contribution < 1.29 is 9.90 Å². The Labute approximate surface area is 142 Å². The minimum Gasteiger partial charge on any atom is -0.481 e. The summed E-state index contributed by atoms with van der Waals surface area (Å²) >= 11 is 0. The summed E-state index contributed by atoms with van der Waals surface area (Å²) in [7, 11) is 0. The molecule has 0 atom stereocenters. The second kappa shape index (κ2) is 11.6. The van der Waals surface area contributed by atoms with Crippen LogP contribution in [0, 0.1) is 10.8 Å². The normalized spacial score (nSPS) is 11.5. The van der Waals surface area contributed by atoms with Gasteiger partial charge in [-0.3, -0.25) is 4.79 Å². The van der Waals surface area contributed by atoms with Crippen LogP contribution in [0.5, 0.6) is 0 Å². The minimum atomic E-state index is -0.975. The third-order valence-electron chi connectivity index (χ3n) is 3.30. The maximum atomic E-state index is 11.0. The molecule has 3 heteroatoms. The second-order valence-corrected chi connectivity index (χ2v) is 5.71. The lowest BCUT2D eigenvalue weighted by Crippen LogP contribution is -2.20. The first-order chi connectivity index (χ1) is 10.6. The van der Waals surface area contributed by atoms with E-state index >= 15 is 0 Å². The van der Waals surface area contributed by atoms with Crippen molar-refractivity contribution in [2.24, 2.45) is 5.41 Å². The Morgan fingerprint density at radius 2 is 1.65 bits per heavy atom. The van der Waals surface area contributed by atoms with Crippen molar-refractivity contribution in [1.29, 1.82) is 5.41 Å². The molecule has 0 amide bonds. The average Bonchev–Trinajstić information content (AvgIpc) is 2.51. The highest BCUT2D eigenvalue weighted by molar-refractivity contribution is 6.03. The molecule has 0 aliphatic rings. The Bertz CT molecular complexity index is 500. The Kier molecular flexibility index (Phi) is 11.8. The number of hydrogen-bond donors (Lipinski definition) is 2. The second-order valence-electron chi connectivity index (χ2n) is 5.71. The van der Waals surface area contributed by atoms with E-state index < -0.39 is 11.4 Å². The van der Waals surface area contributed by atoms with Crippen LogP contribution < -0.4 is 0 Å². The van der Waals surface area contributed by atoms with Gasteiger partial charge in [-0.1, -0.05) is 57.6 Å². The van der Waals surface area contributed by atoms with Gasteiger partial charge in [0, 0.05) is 0 Å². The zero-order valence-electron chi connectivity index (χ0n) is 15.8. The first kappa shape index (κ1) is 23.4. The molecule has 0 aliphatic carbocycles. The number of hydrogen-bond acceptors (Lipinski definition) is 2. The number of aliphatic carboxylic acids is 1. The van der Waals surface area contributed by atoms with Crippen LogP contribution in [0.25, 0.3) is 0 Å². The molecule has 0 saturated carbocycles. The van der Waals surface area contributed by atoms with E-state index in [1.165, 1.54) is 17.7 Å². The predicted molar refractivity (Wildman–Crippen MR) is 101 cm³/mol. The highest BCUT2D eigenvalue weighted by Crippen LogP contribution is 2.18. The summed E-state index contributed by atoms with van der Waals surface area (Å²) in [5, 5.41) is 17.0. The lowest BCUT2D eigenvalue weighted by atomic mass is 9.92. The average molecular weight is 319 g/mol. The standard InChI is InChI=1S/C18H27NO2.C2H6/c1-7-14(8-2)11-15(13(3)4)12-16(19)9-10-18(5,6)17(20)21;1-2/h9-12,19H,3,7-8H2,1-2,4-6H3,(H,20,21);1-2H3/b10-9+,15-12-,19-16?;. The van der Waals surface area contributed by atoms with E-state index in [2.05, 4.69) is 26.5 Å². The summed E-state index contributed by atoms with van der Waals surface area (Å²) in [6.07, 6.45) is 8.79. The third kappa shape index (κ3) is 9.67. The first-order valence-electron chi connectivity index (χ1n) is 8.22. The van der Waals surface area contributed by atoms with E-state index in [-0.39, 0.29) is 5.71 Å². The Morgan fingerprint density at radius 3 is 2.00 bits per heavy atom. The summed E-state index contributed by atoms with van der Waals surface area (Å²) in [5.41, 5.74) is 2.40. The molecule has 3 nitrogen and oxygen atoms in total. The summed E-state index contributed by atoms with van der Waals surface area (Å²) in [6.45, 7) is 17.3. The fourth-order valence-electron chi connectivity index (χ4n) is 1.55. The predicted octanol–water partition coefficient (Wildman–Crippen LogP) is 5.95. The molecule has 0 unspecified atom stereocenters. The van der Waals surface area contributed by atoms with Crippen LogP contribution in [0.4, 0.5) is 0 Å². The van der Waals surface area contributed by atoms with E-state index in [1.807, 2.05) is 20.8 Å². The number of allylic oxidation sites excluding steroid dienone is 6. The Morgan fingerprint density at radius 1 is 1.17 bits per heavy atom. The minimum absolute atomic E-state index is 0.269. The maximum Gasteiger partial charge on any atom is 0.312 e. The smallest absolute Gasteiger partial charge is 0.312 e. The third-order valence-corrected chi connectivity index (χ3v) is 3.30. The molecule has 0 bridgehead atoms. The topological polar surface area (TPSA) is 61.2 Å². The highest BCUT2D eigenvalue weighted by Gasteiger charge is 2.23. The molecule has 0 fully saturated rings. The molecule has 0 rings (SSSR count). The van der Waals surface area contributed by atoms with Gasteiger partial charge in [-0.25, -0.2) is 0 Å². The lowest BCUT2D eigenvalue weighted by Gasteiger charge is -2.12. The number of carboxylic acids is 1. The van der Waals surface area contributed by atoms with Gasteiger partial charge in [-0.15, -0.1) is 0 Å². The van der Waals surface area contributed by atoms with Crippen molar-refractivity contribution in [3.63, 3.8) is 0 Å². The van der Waals surface area contributed by atoms with E-state index in [1.54, 1.807) is 19.9 Å². The molecular formula is C20H33NO2. The molecule has 130 valence electrons. The fourth-order valence-corrected chi connectivity index (χ4v) is 1.55. The SMILES string of the molecule is C=C(C)/C(C=C(CC)CC)=C\C(=N)/C=C/C(C)(C)C(=O)O.CC. The van der Waals surface area contributed by atoms with Gasteiger partial charge in [0.15, 0.2) is 0 Å². The fraction of sp³-hybridized carbons (Fsp3) is 0.500. The summed E-state index contributed by atoms with van der Waals surface area (Å²) < 4.78 is 0. The number of nitrogens with one attached hydrogen (secondary N) is 1. The molecule has 0 saturated heterocycles. The maximum absolute atomic E-state index is 11.0. The van der Waals surface area contributed by atoms with Crippen molar-refractivity contribution in [3.8, 4) is 0 Å². The number of carbonyl (C=O) groups is 1. The molecule has 0 spiro atoms. The Hall–Kier alpha value is -1.90. The van der Waals surface area contributed by atoms with Crippen LogP contribution in [0.1, 0.15) is 61.3 Å². The van der Waals surface area contributed by atoms with Crippen molar-refractivity contribution in [1.82, 2.24) is 0 Å². The largest absolute Gasteiger partial charge is 0.481 e.